The van der Waals surface area contributed by atoms with Crippen LogP contribution in [0.3, 0.4) is 0 Å². The van der Waals surface area contributed by atoms with E-state index in [2.05, 4.69) is 5.32 Å². The van der Waals surface area contributed by atoms with E-state index >= 15 is 0 Å². The van der Waals surface area contributed by atoms with Gasteiger partial charge in [-0.2, -0.15) is 0 Å². The first kappa shape index (κ1) is 15.2. The highest BCUT2D eigenvalue weighted by atomic mass is 16.4. The molecule has 0 bridgehead atoms. The molecule has 0 aromatic heterocycles. The number of hydrogen-bond donors (Lipinski definition) is 4. The number of anilines is 1. The molecule has 5 nitrogen and oxygen atoms in total. The third-order valence-electron chi connectivity index (χ3n) is 3.11. The molecule has 1 amide bonds. The molecular weight excluding hydrogens is 267 g/mol. The van der Waals surface area contributed by atoms with E-state index in [0.29, 0.717) is 17.6 Å². The molecule has 0 heterocycles. The minimum Gasteiger partial charge on any atom is -0.423 e. The van der Waals surface area contributed by atoms with Gasteiger partial charge in [-0.25, -0.2) is 0 Å². The van der Waals surface area contributed by atoms with Gasteiger partial charge >= 0.3 is 7.12 Å². The van der Waals surface area contributed by atoms with Crippen LogP contribution in [0.4, 0.5) is 5.69 Å². The Kier molecular flexibility index (Phi) is 5.11. The fourth-order valence-electron chi connectivity index (χ4n) is 1.93. The summed E-state index contributed by atoms with van der Waals surface area (Å²) in [4.78, 5) is 12.0. The number of nitrogens with one attached hydrogen (secondary N) is 1. The van der Waals surface area contributed by atoms with E-state index in [1.807, 2.05) is 18.2 Å². The Labute approximate surface area is 123 Å². The Morgan fingerprint density at radius 3 is 2.29 bits per heavy atom. The van der Waals surface area contributed by atoms with Crippen LogP contribution in [0.1, 0.15) is 5.56 Å². The average Bonchev–Trinajstić information content (AvgIpc) is 2.48. The summed E-state index contributed by atoms with van der Waals surface area (Å²) < 4.78 is 0. The number of rotatable bonds is 5. The Bertz CT molecular complexity index is 588. The summed E-state index contributed by atoms with van der Waals surface area (Å²) in [7, 11) is -1.49. The van der Waals surface area contributed by atoms with E-state index in [0.717, 1.165) is 5.56 Å². The normalized spacial score (nSPS) is 11.8. The lowest BCUT2D eigenvalue weighted by Crippen LogP contribution is -2.37. The zero-order valence-corrected chi connectivity index (χ0v) is 11.4. The number of nitrogens with two attached hydrogens (primary N) is 1. The van der Waals surface area contributed by atoms with Crippen LogP contribution in [0.2, 0.25) is 0 Å². The maximum absolute atomic E-state index is 12.0. The second kappa shape index (κ2) is 7.03. The highest BCUT2D eigenvalue weighted by Gasteiger charge is 2.15. The minimum atomic E-state index is -1.49. The maximum Gasteiger partial charge on any atom is 0.488 e. The van der Waals surface area contributed by atoms with Gasteiger partial charge in [-0.1, -0.05) is 42.5 Å². The van der Waals surface area contributed by atoms with Crippen LogP contribution in [0.5, 0.6) is 0 Å². The number of hydrogen-bond acceptors (Lipinski definition) is 4. The van der Waals surface area contributed by atoms with Gasteiger partial charge < -0.3 is 21.1 Å². The number of amides is 1. The Balaban J connectivity index is 1.94. The summed E-state index contributed by atoms with van der Waals surface area (Å²) in [6, 6.07) is 15.1. The quantitative estimate of drug-likeness (QED) is 0.575. The summed E-state index contributed by atoms with van der Waals surface area (Å²) >= 11 is 0. The van der Waals surface area contributed by atoms with Crippen LogP contribution in [0, 0.1) is 0 Å². The van der Waals surface area contributed by atoms with Crippen molar-refractivity contribution < 1.29 is 14.8 Å². The molecule has 108 valence electrons. The molecule has 0 aliphatic carbocycles. The molecule has 0 fully saturated rings. The SMILES string of the molecule is N[C@@H](Cc1ccc(B(O)O)cc1)C(=O)Nc1ccccc1. The van der Waals surface area contributed by atoms with Crippen LogP contribution in [-0.2, 0) is 11.2 Å². The third-order valence-corrected chi connectivity index (χ3v) is 3.11. The van der Waals surface area contributed by atoms with Crippen molar-refractivity contribution >= 4 is 24.2 Å². The number of benzene rings is 2. The number of para-hydroxylation sites is 1. The van der Waals surface area contributed by atoms with Gasteiger partial charge in [0.05, 0.1) is 6.04 Å². The summed E-state index contributed by atoms with van der Waals surface area (Å²) in [5.74, 6) is -0.257. The lowest BCUT2D eigenvalue weighted by atomic mass is 9.80. The topological polar surface area (TPSA) is 95.6 Å². The first-order chi connectivity index (χ1) is 10.1. The van der Waals surface area contributed by atoms with Gasteiger partial charge in [-0.15, -0.1) is 0 Å². The molecule has 2 aromatic rings. The van der Waals surface area contributed by atoms with E-state index in [9.17, 15) is 4.79 Å². The standard InChI is InChI=1S/C15H17BN2O3/c17-14(15(19)18-13-4-2-1-3-5-13)10-11-6-8-12(9-7-11)16(20)21/h1-9,14,20-21H,10,17H2,(H,18,19)/t14-/m0/s1. The molecule has 2 rings (SSSR count). The van der Waals surface area contributed by atoms with Gasteiger partial charge in [0, 0.05) is 5.69 Å². The smallest absolute Gasteiger partial charge is 0.423 e. The molecule has 21 heavy (non-hydrogen) atoms. The van der Waals surface area contributed by atoms with E-state index in [-0.39, 0.29) is 5.91 Å². The second-order valence-electron chi connectivity index (χ2n) is 4.78. The van der Waals surface area contributed by atoms with E-state index in [1.54, 1.807) is 36.4 Å². The summed E-state index contributed by atoms with van der Waals surface area (Å²) in [5, 5.41) is 20.8. The molecule has 0 aliphatic heterocycles. The predicted octanol–water partition coefficient (Wildman–Crippen LogP) is -0.125. The largest absolute Gasteiger partial charge is 0.488 e. The van der Waals surface area contributed by atoms with Crippen molar-refractivity contribution in [2.24, 2.45) is 5.73 Å². The molecule has 0 aliphatic rings. The molecule has 0 unspecified atom stereocenters. The van der Waals surface area contributed by atoms with Crippen molar-refractivity contribution in [2.75, 3.05) is 5.32 Å². The zero-order chi connectivity index (χ0) is 15.2. The van der Waals surface area contributed by atoms with Crippen molar-refractivity contribution in [1.82, 2.24) is 0 Å². The van der Waals surface area contributed by atoms with Crippen molar-refractivity contribution in [2.45, 2.75) is 12.5 Å². The molecular formula is C15H17BN2O3. The predicted molar refractivity (Wildman–Crippen MR) is 83.0 cm³/mol. The number of carbonyl (C=O) groups is 1. The van der Waals surface area contributed by atoms with Crippen molar-refractivity contribution in [3.63, 3.8) is 0 Å². The molecule has 5 N–H and O–H groups in total. The fourth-order valence-corrected chi connectivity index (χ4v) is 1.93. The van der Waals surface area contributed by atoms with E-state index in [1.165, 1.54) is 0 Å². The third kappa shape index (κ3) is 4.42. The van der Waals surface area contributed by atoms with Crippen LogP contribution in [0.15, 0.2) is 54.6 Å². The monoisotopic (exact) mass is 284 g/mol. The average molecular weight is 284 g/mol. The van der Waals surface area contributed by atoms with Gasteiger partial charge in [-0.3, -0.25) is 4.79 Å². The molecule has 0 spiro atoms. The Hall–Kier alpha value is -2.15. The lowest BCUT2D eigenvalue weighted by molar-refractivity contribution is -0.117. The highest BCUT2D eigenvalue weighted by Crippen LogP contribution is 2.07. The second-order valence-corrected chi connectivity index (χ2v) is 4.78. The summed E-state index contributed by atoms with van der Waals surface area (Å²) in [6.45, 7) is 0. The van der Waals surface area contributed by atoms with Crippen LogP contribution in [-0.4, -0.2) is 29.1 Å². The highest BCUT2D eigenvalue weighted by molar-refractivity contribution is 6.58. The first-order valence-corrected chi connectivity index (χ1v) is 6.63. The first-order valence-electron chi connectivity index (χ1n) is 6.63. The van der Waals surface area contributed by atoms with E-state index in [4.69, 9.17) is 15.8 Å². The van der Waals surface area contributed by atoms with Gasteiger partial charge in [0.2, 0.25) is 5.91 Å². The Morgan fingerprint density at radius 2 is 1.71 bits per heavy atom. The van der Waals surface area contributed by atoms with Gasteiger partial charge in [0.25, 0.3) is 0 Å². The molecule has 0 radical (unpaired) electrons. The van der Waals surface area contributed by atoms with Crippen molar-refractivity contribution in [3.05, 3.63) is 60.2 Å². The maximum atomic E-state index is 12.0. The van der Waals surface area contributed by atoms with Gasteiger partial charge in [0.1, 0.15) is 0 Å². The Morgan fingerprint density at radius 1 is 1.10 bits per heavy atom. The lowest BCUT2D eigenvalue weighted by Gasteiger charge is -2.12. The molecule has 0 saturated heterocycles. The van der Waals surface area contributed by atoms with Crippen molar-refractivity contribution in [1.29, 1.82) is 0 Å². The number of carbonyl (C=O) groups excluding carboxylic acids is 1. The fraction of sp³-hybridized carbons (Fsp3) is 0.133. The van der Waals surface area contributed by atoms with Crippen LogP contribution >= 0.6 is 0 Å². The van der Waals surface area contributed by atoms with Crippen LogP contribution < -0.4 is 16.5 Å². The molecule has 6 heteroatoms. The summed E-state index contributed by atoms with van der Waals surface area (Å²) in [5.41, 5.74) is 7.85. The zero-order valence-electron chi connectivity index (χ0n) is 11.4. The van der Waals surface area contributed by atoms with Gasteiger partial charge in [0.15, 0.2) is 0 Å². The van der Waals surface area contributed by atoms with Crippen molar-refractivity contribution in [3.8, 4) is 0 Å². The van der Waals surface area contributed by atoms with Crippen LogP contribution in [0.25, 0.3) is 0 Å². The summed E-state index contributed by atoms with van der Waals surface area (Å²) in [6.07, 6.45) is 0.375. The molecule has 2 aromatic carbocycles. The van der Waals surface area contributed by atoms with E-state index < -0.39 is 13.2 Å². The molecule has 1 atom stereocenters. The van der Waals surface area contributed by atoms with Gasteiger partial charge in [-0.05, 0) is 29.6 Å². The molecule has 0 saturated carbocycles. The minimum absolute atomic E-state index is 0.257.